The van der Waals surface area contributed by atoms with Gasteiger partial charge in [0.1, 0.15) is 5.52 Å². The van der Waals surface area contributed by atoms with Crippen LogP contribution in [0.15, 0.2) is 97.2 Å². The SMILES string of the molecule is [C-]#[N+]c1nc(-n2c3ccccc3c3cc4c5ccccc5n5c6ccccc6c(c32)c45)nc2cccnc12. The van der Waals surface area contributed by atoms with Crippen molar-refractivity contribution in [3.63, 3.8) is 0 Å². The third-order valence-electron chi connectivity index (χ3n) is 7.73. The van der Waals surface area contributed by atoms with Crippen molar-refractivity contribution >= 4 is 76.8 Å². The number of rotatable bonds is 1. The molecule has 0 radical (unpaired) electrons. The average Bonchev–Trinajstić information content (AvgIpc) is 3.61. The molecule has 174 valence electrons. The van der Waals surface area contributed by atoms with Crippen LogP contribution in [-0.2, 0) is 0 Å². The van der Waals surface area contributed by atoms with Crippen molar-refractivity contribution < 1.29 is 0 Å². The van der Waals surface area contributed by atoms with Crippen molar-refractivity contribution in [3.8, 4) is 5.95 Å². The highest BCUT2D eigenvalue weighted by Crippen LogP contribution is 2.46. The van der Waals surface area contributed by atoms with Crippen molar-refractivity contribution in [2.75, 3.05) is 0 Å². The van der Waals surface area contributed by atoms with E-state index in [1.165, 1.54) is 38.1 Å². The van der Waals surface area contributed by atoms with E-state index in [0.29, 0.717) is 17.0 Å². The summed E-state index contributed by atoms with van der Waals surface area (Å²) in [6, 6.07) is 31.6. The third-order valence-corrected chi connectivity index (χ3v) is 7.73. The van der Waals surface area contributed by atoms with Gasteiger partial charge in [-0.25, -0.2) is 0 Å². The van der Waals surface area contributed by atoms with E-state index >= 15 is 0 Å². The molecule has 0 fully saturated rings. The zero-order valence-corrected chi connectivity index (χ0v) is 19.9. The van der Waals surface area contributed by atoms with Crippen LogP contribution >= 0.6 is 0 Å². The summed E-state index contributed by atoms with van der Waals surface area (Å²) in [5, 5.41) is 7.08. The normalized spacial score (nSPS) is 12.2. The molecule has 0 atom stereocenters. The number of para-hydroxylation sites is 3. The van der Waals surface area contributed by atoms with E-state index in [-0.39, 0.29) is 5.82 Å². The second-order valence-corrected chi connectivity index (χ2v) is 9.60. The molecule has 0 amide bonds. The van der Waals surface area contributed by atoms with Crippen LogP contribution in [0.5, 0.6) is 0 Å². The predicted octanol–water partition coefficient (Wildman–Crippen LogP) is 7.82. The molecule has 9 aromatic rings. The molecular weight excluding hydrogens is 468 g/mol. The molecule has 0 aliphatic heterocycles. The molecule has 0 unspecified atom stereocenters. The minimum Gasteiger partial charge on any atom is -0.359 e. The van der Waals surface area contributed by atoms with Gasteiger partial charge in [-0.2, -0.15) is 4.98 Å². The minimum atomic E-state index is 0.253. The highest BCUT2D eigenvalue weighted by molar-refractivity contribution is 6.34. The number of nitrogens with zero attached hydrogens (tertiary/aromatic N) is 6. The highest BCUT2D eigenvalue weighted by Gasteiger charge is 2.26. The Balaban J connectivity index is 1.60. The van der Waals surface area contributed by atoms with Crippen LogP contribution in [0.4, 0.5) is 5.82 Å². The number of hydrogen-bond acceptors (Lipinski definition) is 3. The molecule has 38 heavy (non-hydrogen) atoms. The lowest BCUT2D eigenvalue weighted by molar-refractivity contribution is 1.02. The molecule has 0 saturated carbocycles. The van der Waals surface area contributed by atoms with Gasteiger partial charge in [0.2, 0.25) is 0 Å². The van der Waals surface area contributed by atoms with E-state index in [2.05, 4.69) is 91.6 Å². The maximum atomic E-state index is 7.81. The van der Waals surface area contributed by atoms with Gasteiger partial charge in [0.15, 0.2) is 0 Å². The molecule has 6 heteroatoms. The van der Waals surface area contributed by atoms with E-state index in [0.717, 1.165) is 21.8 Å². The predicted molar refractivity (Wildman–Crippen MR) is 153 cm³/mol. The molecular formula is C32H16N6. The third kappa shape index (κ3) is 2.25. The number of fused-ring (bicyclic) bond motifs is 11. The van der Waals surface area contributed by atoms with E-state index in [9.17, 15) is 0 Å². The molecule has 5 heterocycles. The minimum absolute atomic E-state index is 0.253. The second kappa shape index (κ2) is 6.81. The van der Waals surface area contributed by atoms with Crippen LogP contribution in [0.3, 0.4) is 0 Å². The molecule has 6 nitrogen and oxygen atoms in total. The maximum absolute atomic E-state index is 7.81. The van der Waals surface area contributed by atoms with Crippen LogP contribution in [0.2, 0.25) is 0 Å². The molecule has 0 saturated heterocycles. The summed E-state index contributed by atoms with van der Waals surface area (Å²) in [6.45, 7) is 7.81. The van der Waals surface area contributed by atoms with Crippen LogP contribution < -0.4 is 0 Å². The first-order chi connectivity index (χ1) is 18.8. The van der Waals surface area contributed by atoms with Crippen molar-refractivity contribution in [2.24, 2.45) is 0 Å². The topological polar surface area (TPSA) is 52.4 Å². The summed E-state index contributed by atoms with van der Waals surface area (Å²) in [6.07, 6.45) is 1.67. The fourth-order valence-electron chi connectivity index (χ4n) is 6.28. The zero-order valence-electron chi connectivity index (χ0n) is 19.9. The lowest BCUT2D eigenvalue weighted by Crippen LogP contribution is -2.02. The second-order valence-electron chi connectivity index (χ2n) is 9.60. The average molecular weight is 485 g/mol. The molecule has 0 aliphatic rings. The summed E-state index contributed by atoms with van der Waals surface area (Å²) in [5.74, 6) is 0.730. The highest BCUT2D eigenvalue weighted by atomic mass is 15.2. The van der Waals surface area contributed by atoms with E-state index in [4.69, 9.17) is 16.5 Å². The van der Waals surface area contributed by atoms with Gasteiger partial charge in [0.25, 0.3) is 0 Å². The molecule has 4 aromatic carbocycles. The Hall–Kier alpha value is -5.54. The van der Waals surface area contributed by atoms with Crippen LogP contribution in [0, 0.1) is 6.57 Å². The Morgan fingerprint density at radius 3 is 2.08 bits per heavy atom. The summed E-state index contributed by atoms with van der Waals surface area (Å²) in [4.78, 5) is 17.8. The summed E-state index contributed by atoms with van der Waals surface area (Å²) < 4.78 is 4.51. The van der Waals surface area contributed by atoms with E-state index in [1.54, 1.807) is 6.20 Å². The van der Waals surface area contributed by atoms with Crippen LogP contribution in [-0.4, -0.2) is 23.9 Å². The summed E-state index contributed by atoms with van der Waals surface area (Å²) in [5.41, 5.74) is 6.78. The number of pyridine rings is 1. The zero-order chi connectivity index (χ0) is 25.0. The molecule has 0 bridgehead atoms. The van der Waals surface area contributed by atoms with Gasteiger partial charge in [0, 0.05) is 38.5 Å². The quantitative estimate of drug-likeness (QED) is 0.223. The first-order valence-electron chi connectivity index (χ1n) is 12.4. The molecule has 0 aliphatic carbocycles. The van der Waals surface area contributed by atoms with E-state index < -0.39 is 0 Å². The fourth-order valence-corrected chi connectivity index (χ4v) is 6.28. The standard InChI is InChI=1S/C32H16N6/c1-33-31-28-23(12-8-16-34-28)35-32(36-31)38-25-14-6-3-10-19(25)22-17-21-18-9-2-5-13-24(18)37-26-15-7-4-11-20(26)27(29(21)37)30(22)38/h2-17H. The van der Waals surface area contributed by atoms with Gasteiger partial charge < -0.3 is 9.25 Å². The lowest BCUT2D eigenvalue weighted by atomic mass is 10.0. The number of aromatic nitrogens is 5. The van der Waals surface area contributed by atoms with Gasteiger partial charge >= 0.3 is 11.8 Å². The van der Waals surface area contributed by atoms with Gasteiger partial charge in [-0.05, 0) is 36.4 Å². The Bertz CT molecular complexity index is 2470. The van der Waals surface area contributed by atoms with Crippen molar-refractivity contribution in [3.05, 3.63) is 109 Å². The molecule has 5 aromatic heterocycles. The van der Waals surface area contributed by atoms with Crippen LogP contribution in [0.1, 0.15) is 0 Å². The summed E-state index contributed by atoms with van der Waals surface area (Å²) in [7, 11) is 0. The van der Waals surface area contributed by atoms with Gasteiger partial charge in [-0.1, -0.05) is 66.2 Å². The Kier molecular flexibility index (Phi) is 3.52. The van der Waals surface area contributed by atoms with Crippen LogP contribution in [0.25, 0.3) is 81.7 Å². The first kappa shape index (κ1) is 19.6. The Labute approximate surface area is 215 Å². The number of hydrogen-bond donors (Lipinski definition) is 0. The van der Waals surface area contributed by atoms with Gasteiger partial charge in [-0.3, -0.25) is 9.55 Å². The fraction of sp³-hybridized carbons (Fsp3) is 0. The molecule has 0 N–H and O–H groups in total. The van der Waals surface area contributed by atoms with Crippen molar-refractivity contribution in [2.45, 2.75) is 0 Å². The van der Waals surface area contributed by atoms with Crippen molar-refractivity contribution in [1.29, 1.82) is 0 Å². The summed E-state index contributed by atoms with van der Waals surface area (Å²) >= 11 is 0. The number of benzene rings is 4. The van der Waals surface area contributed by atoms with Crippen molar-refractivity contribution in [1.82, 2.24) is 23.9 Å². The van der Waals surface area contributed by atoms with Gasteiger partial charge in [0.05, 0.1) is 33.1 Å². The molecule has 0 spiro atoms. The maximum Gasteiger partial charge on any atom is 0.332 e. The largest absolute Gasteiger partial charge is 0.359 e. The van der Waals surface area contributed by atoms with E-state index in [1.807, 2.05) is 18.2 Å². The smallest absolute Gasteiger partial charge is 0.332 e. The lowest BCUT2D eigenvalue weighted by Gasteiger charge is -2.07. The van der Waals surface area contributed by atoms with Gasteiger partial charge in [-0.15, -0.1) is 0 Å². The first-order valence-corrected chi connectivity index (χ1v) is 12.4. The Morgan fingerprint density at radius 1 is 0.632 bits per heavy atom. The monoisotopic (exact) mass is 484 g/mol. The Morgan fingerprint density at radius 2 is 1.29 bits per heavy atom. The molecule has 9 rings (SSSR count).